The number of nitrogens with zero attached hydrogens (tertiary/aromatic N) is 3. The van der Waals surface area contributed by atoms with E-state index >= 15 is 0 Å². The molecule has 1 amide bonds. The lowest BCUT2D eigenvalue weighted by molar-refractivity contribution is -0.385. The third-order valence-corrected chi connectivity index (χ3v) is 4.79. The first-order valence-corrected chi connectivity index (χ1v) is 8.72. The maximum absolute atomic E-state index is 13.1. The number of amides is 1. The molecule has 1 fully saturated rings. The van der Waals surface area contributed by atoms with Gasteiger partial charge in [0.1, 0.15) is 6.20 Å². The molecular formula is C19H23ClN4O3. The van der Waals surface area contributed by atoms with E-state index < -0.39 is 4.92 Å². The van der Waals surface area contributed by atoms with Gasteiger partial charge in [0.25, 0.3) is 11.6 Å². The molecule has 1 aromatic heterocycles. The SMILES string of the molecule is CCc1ccc(C2CNCCN2C(=O)c2cc([N+](=O)[O-])cnc2C)cc1.Cl. The molecule has 144 valence electrons. The molecule has 2 aromatic rings. The summed E-state index contributed by atoms with van der Waals surface area (Å²) in [6.07, 6.45) is 2.15. The van der Waals surface area contributed by atoms with Gasteiger partial charge in [0.15, 0.2) is 0 Å². The standard InChI is InChI=1S/C19H22N4O3.ClH/c1-3-14-4-6-15(7-5-14)18-12-20-8-9-22(18)19(24)17-10-16(23(25)26)11-21-13(17)2;/h4-7,10-11,18,20H,3,8-9,12H2,1-2H3;1H. The number of aromatic nitrogens is 1. The number of carbonyl (C=O) groups excluding carboxylic acids is 1. The number of aryl methyl sites for hydroxylation is 2. The summed E-state index contributed by atoms with van der Waals surface area (Å²) in [5, 5.41) is 14.4. The Bertz CT molecular complexity index is 826. The second-order valence-corrected chi connectivity index (χ2v) is 6.40. The van der Waals surface area contributed by atoms with Gasteiger partial charge in [-0.05, 0) is 24.5 Å². The molecule has 0 bridgehead atoms. The molecule has 0 saturated carbocycles. The number of pyridine rings is 1. The molecule has 3 rings (SSSR count). The van der Waals surface area contributed by atoms with Crippen LogP contribution >= 0.6 is 12.4 Å². The molecule has 8 heteroatoms. The molecule has 1 saturated heterocycles. The van der Waals surface area contributed by atoms with E-state index in [2.05, 4.69) is 41.5 Å². The maximum atomic E-state index is 13.1. The summed E-state index contributed by atoms with van der Waals surface area (Å²) >= 11 is 0. The zero-order valence-electron chi connectivity index (χ0n) is 15.3. The fraction of sp³-hybridized carbons (Fsp3) is 0.368. The topological polar surface area (TPSA) is 88.4 Å². The smallest absolute Gasteiger partial charge is 0.288 e. The number of rotatable bonds is 4. The van der Waals surface area contributed by atoms with E-state index in [1.807, 2.05) is 0 Å². The van der Waals surface area contributed by atoms with Crippen LogP contribution in [0.25, 0.3) is 0 Å². The molecule has 1 aliphatic rings. The van der Waals surface area contributed by atoms with Crippen molar-refractivity contribution in [2.75, 3.05) is 19.6 Å². The number of carbonyl (C=O) groups is 1. The van der Waals surface area contributed by atoms with Crippen molar-refractivity contribution in [2.24, 2.45) is 0 Å². The van der Waals surface area contributed by atoms with Gasteiger partial charge < -0.3 is 10.2 Å². The van der Waals surface area contributed by atoms with Gasteiger partial charge in [0, 0.05) is 25.7 Å². The zero-order chi connectivity index (χ0) is 18.7. The fourth-order valence-corrected chi connectivity index (χ4v) is 3.21. The Morgan fingerprint density at radius 2 is 2.07 bits per heavy atom. The summed E-state index contributed by atoms with van der Waals surface area (Å²) < 4.78 is 0. The maximum Gasteiger partial charge on any atom is 0.288 e. The monoisotopic (exact) mass is 390 g/mol. The number of hydrogen-bond donors (Lipinski definition) is 1. The van der Waals surface area contributed by atoms with E-state index in [4.69, 9.17) is 0 Å². The van der Waals surface area contributed by atoms with Crippen LogP contribution in [0.4, 0.5) is 5.69 Å². The Morgan fingerprint density at radius 1 is 1.37 bits per heavy atom. The Kier molecular flexibility index (Phi) is 6.87. The summed E-state index contributed by atoms with van der Waals surface area (Å²) in [6, 6.07) is 9.47. The fourth-order valence-electron chi connectivity index (χ4n) is 3.21. The van der Waals surface area contributed by atoms with Crippen molar-refractivity contribution in [2.45, 2.75) is 26.3 Å². The highest BCUT2D eigenvalue weighted by Crippen LogP contribution is 2.26. The van der Waals surface area contributed by atoms with Crippen molar-refractivity contribution < 1.29 is 9.72 Å². The van der Waals surface area contributed by atoms with Crippen LogP contribution in [0.2, 0.25) is 0 Å². The van der Waals surface area contributed by atoms with Gasteiger partial charge in [-0.1, -0.05) is 31.2 Å². The van der Waals surface area contributed by atoms with E-state index in [-0.39, 0.29) is 35.6 Å². The van der Waals surface area contributed by atoms with Crippen molar-refractivity contribution in [1.82, 2.24) is 15.2 Å². The Labute approximate surface area is 164 Å². The normalized spacial score (nSPS) is 16.5. The highest BCUT2D eigenvalue weighted by atomic mass is 35.5. The molecule has 0 spiro atoms. The summed E-state index contributed by atoms with van der Waals surface area (Å²) in [4.78, 5) is 29.5. The summed E-state index contributed by atoms with van der Waals surface area (Å²) in [5.41, 5.74) is 2.92. The number of nitro groups is 1. The number of benzene rings is 1. The minimum Gasteiger partial charge on any atom is -0.329 e. The molecule has 1 atom stereocenters. The van der Waals surface area contributed by atoms with Gasteiger partial charge in [0.2, 0.25) is 0 Å². The molecule has 1 aliphatic heterocycles. The van der Waals surface area contributed by atoms with E-state index in [1.165, 1.54) is 17.8 Å². The van der Waals surface area contributed by atoms with E-state index in [0.29, 0.717) is 25.3 Å². The second kappa shape index (κ2) is 8.92. The first kappa shape index (κ1) is 20.8. The van der Waals surface area contributed by atoms with Crippen LogP contribution in [0.1, 0.15) is 40.1 Å². The number of halogens is 1. The Morgan fingerprint density at radius 3 is 2.70 bits per heavy atom. The predicted octanol–water partition coefficient (Wildman–Crippen LogP) is 3.07. The van der Waals surface area contributed by atoms with E-state index in [0.717, 1.165) is 12.0 Å². The second-order valence-electron chi connectivity index (χ2n) is 6.40. The summed E-state index contributed by atoms with van der Waals surface area (Å²) in [6.45, 7) is 5.69. The quantitative estimate of drug-likeness (QED) is 0.640. The van der Waals surface area contributed by atoms with Crippen LogP contribution in [0.5, 0.6) is 0 Å². The molecular weight excluding hydrogens is 368 g/mol. The minimum atomic E-state index is -0.526. The van der Waals surface area contributed by atoms with Gasteiger partial charge in [-0.3, -0.25) is 19.9 Å². The van der Waals surface area contributed by atoms with Crippen LogP contribution in [0.3, 0.4) is 0 Å². The van der Waals surface area contributed by atoms with Gasteiger partial charge in [0.05, 0.1) is 22.2 Å². The molecule has 0 radical (unpaired) electrons. The van der Waals surface area contributed by atoms with Crippen LogP contribution in [0, 0.1) is 17.0 Å². The summed E-state index contributed by atoms with van der Waals surface area (Å²) in [7, 11) is 0. The first-order chi connectivity index (χ1) is 12.5. The zero-order valence-corrected chi connectivity index (χ0v) is 16.2. The average molecular weight is 391 g/mol. The van der Waals surface area contributed by atoms with Gasteiger partial charge in [-0.15, -0.1) is 12.4 Å². The number of hydrogen-bond acceptors (Lipinski definition) is 5. The van der Waals surface area contributed by atoms with Crippen LogP contribution in [0.15, 0.2) is 36.5 Å². The summed E-state index contributed by atoms with van der Waals surface area (Å²) in [5.74, 6) is -0.218. The molecule has 1 N–H and O–H groups in total. The predicted molar refractivity (Wildman–Crippen MR) is 105 cm³/mol. The lowest BCUT2D eigenvalue weighted by atomic mass is 9.99. The highest BCUT2D eigenvalue weighted by Gasteiger charge is 2.30. The number of piperazine rings is 1. The highest BCUT2D eigenvalue weighted by molar-refractivity contribution is 5.96. The van der Waals surface area contributed by atoms with E-state index in [1.54, 1.807) is 11.8 Å². The van der Waals surface area contributed by atoms with Gasteiger partial charge in [-0.25, -0.2) is 0 Å². The lowest BCUT2D eigenvalue weighted by Gasteiger charge is -2.37. The average Bonchev–Trinajstić information content (AvgIpc) is 2.67. The third-order valence-electron chi connectivity index (χ3n) is 4.79. The van der Waals surface area contributed by atoms with Crippen LogP contribution in [-0.4, -0.2) is 40.3 Å². The van der Waals surface area contributed by atoms with E-state index in [9.17, 15) is 14.9 Å². The minimum absolute atomic E-state index is 0. The largest absolute Gasteiger partial charge is 0.329 e. The van der Waals surface area contributed by atoms with Crippen molar-refractivity contribution >= 4 is 24.0 Å². The molecule has 1 aromatic carbocycles. The molecule has 1 unspecified atom stereocenters. The Hall–Kier alpha value is -2.51. The molecule has 7 nitrogen and oxygen atoms in total. The van der Waals surface area contributed by atoms with Crippen molar-refractivity contribution in [1.29, 1.82) is 0 Å². The van der Waals surface area contributed by atoms with Crippen molar-refractivity contribution in [3.8, 4) is 0 Å². The van der Waals surface area contributed by atoms with Gasteiger partial charge >= 0.3 is 0 Å². The van der Waals surface area contributed by atoms with Crippen molar-refractivity contribution in [3.05, 3.63) is 69.0 Å². The van der Waals surface area contributed by atoms with Crippen LogP contribution < -0.4 is 5.32 Å². The molecule has 0 aliphatic carbocycles. The third kappa shape index (κ3) is 4.43. The van der Waals surface area contributed by atoms with Crippen LogP contribution in [-0.2, 0) is 6.42 Å². The molecule has 27 heavy (non-hydrogen) atoms. The van der Waals surface area contributed by atoms with Crippen molar-refractivity contribution in [3.63, 3.8) is 0 Å². The van der Waals surface area contributed by atoms with Gasteiger partial charge in [-0.2, -0.15) is 0 Å². The Balaban J connectivity index is 0.00000261. The molecule has 2 heterocycles. The number of nitrogens with one attached hydrogen (secondary N) is 1. The lowest BCUT2D eigenvalue weighted by Crippen LogP contribution is -2.48. The first-order valence-electron chi connectivity index (χ1n) is 8.72.